The van der Waals surface area contributed by atoms with Gasteiger partial charge in [-0.25, -0.2) is 0 Å². The molecular weight excluding hydrogens is 264 g/mol. The molecule has 1 amide bonds. The molecule has 2 bridgehead atoms. The van der Waals surface area contributed by atoms with E-state index in [9.17, 15) is 9.90 Å². The van der Waals surface area contributed by atoms with E-state index in [1.54, 1.807) is 18.2 Å². The van der Waals surface area contributed by atoms with Crippen molar-refractivity contribution < 1.29 is 9.90 Å². The fourth-order valence-electron chi connectivity index (χ4n) is 3.90. The molecule has 114 valence electrons. The van der Waals surface area contributed by atoms with Gasteiger partial charge in [0, 0.05) is 23.7 Å². The highest BCUT2D eigenvalue weighted by Crippen LogP contribution is 2.32. The molecule has 0 spiro atoms. The van der Waals surface area contributed by atoms with E-state index in [1.165, 1.54) is 19.3 Å². The highest BCUT2D eigenvalue weighted by molar-refractivity contribution is 5.96. The average Bonchev–Trinajstić information content (AvgIpc) is 2.39. The summed E-state index contributed by atoms with van der Waals surface area (Å²) in [6, 6.07) is 6.42. The second-order valence-electron chi connectivity index (χ2n) is 6.55. The lowest BCUT2D eigenvalue weighted by Crippen LogP contribution is -2.55. The minimum Gasteiger partial charge on any atom is -0.508 e. The number of piperidine rings is 2. The summed E-state index contributed by atoms with van der Waals surface area (Å²) < 4.78 is 0. The molecule has 0 aromatic heterocycles. The maximum absolute atomic E-state index is 12.4. The first kappa shape index (κ1) is 14.4. The van der Waals surface area contributed by atoms with Gasteiger partial charge in [-0.05, 0) is 63.4 Å². The van der Waals surface area contributed by atoms with Gasteiger partial charge in [0.1, 0.15) is 5.75 Å². The molecule has 1 aromatic rings. The first-order valence-electron chi connectivity index (χ1n) is 7.87. The van der Waals surface area contributed by atoms with Gasteiger partial charge in [-0.3, -0.25) is 4.79 Å². The third kappa shape index (κ3) is 2.91. The Bertz CT molecular complexity index is 530. The molecule has 1 aromatic carbocycles. The predicted molar refractivity (Wildman–Crippen MR) is 82.5 cm³/mol. The molecule has 0 radical (unpaired) electrons. The summed E-state index contributed by atoms with van der Waals surface area (Å²) in [4.78, 5) is 14.9. The van der Waals surface area contributed by atoms with Gasteiger partial charge in [0.15, 0.2) is 0 Å². The lowest BCUT2D eigenvalue weighted by Gasteiger charge is -2.47. The van der Waals surface area contributed by atoms with Crippen LogP contribution in [0.1, 0.15) is 48.0 Å². The summed E-state index contributed by atoms with van der Waals surface area (Å²) >= 11 is 0. The van der Waals surface area contributed by atoms with E-state index in [1.807, 2.05) is 6.92 Å². The molecule has 2 heterocycles. The van der Waals surface area contributed by atoms with Crippen LogP contribution in [-0.2, 0) is 0 Å². The number of amides is 1. The summed E-state index contributed by atoms with van der Waals surface area (Å²) in [5.41, 5.74) is 1.48. The largest absolute Gasteiger partial charge is 0.508 e. The number of hydrogen-bond donors (Lipinski definition) is 2. The van der Waals surface area contributed by atoms with E-state index in [-0.39, 0.29) is 17.7 Å². The van der Waals surface area contributed by atoms with Crippen LogP contribution in [0.5, 0.6) is 5.75 Å². The molecule has 3 rings (SSSR count). The molecule has 2 atom stereocenters. The standard InChI is InChI=1S/C17H24N2O2/c1-11-8-15(20)6-7-16(11)17(21)18-12-9-13-4-3-5-14(10-12)19(13)2/h6-8,12-14,20H,3-5,9-10H2,1-2H3,(H,18,21). The van der Waals surface area contributed by atoms with Crippen LogP contribution < -0.4 is 5.32 Å². The number of aryl methyl sites for hydroxylation is 1. The molecule has 0 aliphatic carbocycles. The lowest BCUT2D eigenvalue weighted by molar-refractivity contribution is 0.0463. The molecule has 2 saturated heterocycles. The summed E-state index contributed by atoms with van der Waals surface area (Å²) in [6.07, 6.45) is 5.92. The van der Waals surface area contributed by atoms with Crippen LogP contribution in [0.3, 0.4) is 0 Å². The number of nitrogens with one attached hydrogen (secondary N) is 1. The van der Waals surface area contributed by atoms with Crippen LogP contribution in [-0.4, -0.2) is 41.1 Å². The van der Waals surface area contributed by atoms with E-state index >= 15 is 0 Å². The molecule has 2 fully saturated rings. The number of phenols is 1. The number of fused-ring (bicyclic) bond motifs is 2. The normalized spacial score (nSPS) is 29.1. The Balaban J connectivity index is 1.68. The second-order valence-corrected chi connectivity index (χ2v) is 6.55. The molecule has 0 saturated carbocycles. The Morgan fingerprint density at radius 3 is 2.57 bits per heavy atom. The van der Waals surface area contributed by atoms with E-state index in [0.29, 0.717) is 17.6 Å². The molecule has 2 aliphatic heterocycles. The lowest BCUT2D eigenvalue weighted by atomic mass is 9.82. The Morgan fingerprint density at radius 2 is 1.95 bits per heavy atom. The van der Waals surface area contributed by atoms with Gasteiger partial charge in [0.25, 0.3) is 5.91 Å². The van der Waals surface area contributed by atoms with Gasteiger partial charge in [0.05, 0.1) is 0 Å². The third-order valence-electron chi connectivity index (χ3n) is 5.13. The van der Waals surface area contributed by atoms with Crippen molar-refractivity contribution in [3.63, 3.8) is 0 Å². The zero-order chi connectivity index (χ0) is 15.0. The Hall–Kier alpha value is -1.55. The molecular formula is C17H24N2O2. The van der Waals surface area contributed by atoms with Crippen LogP contribution in [0, 0.1) is 6.92 Å². The first-order chi connectivity index (χ1) is 10.0. The number of hydrogen-bond acceptors (Lipinski definition) is 3. The third-order valence-corrected chi connectivity index (χ3v) is 5.13. The SMILES string of the molecule is Cc1cc(O)ccc1C(=O)NC1CC2CCCC(C1)N2C. The number of aromatic hydroxyl groups is 1. The van der Waals surface area contributed by atoms with Crippen LogP contribution in [0.2, 0.25) is 0 Å². The number of carbonyl (C=O) groups excluding carboxylic acids is 1. The van der Waals surface area contributed by atoms with E-state index in [4.69, 9.17) is 0 Å². The second kappa shape index (κ2) is 5.68. The van der Waals surface area contributed by atoms with Crippen molar-refractivity contribution in [1.29, 1.82) is 0 Å². The van der Waals surface area contributed by atoms with Crippen LogP contribution >= 0.6 is 0 Å². The number of benzene rings is 1. The van der Waals surface area contributed by atoms with Crippen molar-refractivity contribution in [1.82, 2.24) is 10.2 Å². The number of nitrogens with zero attached hydrogens (tertiary/aromatic N) is 1. The van der Waals surface area contributed by atoms with Crippen molar-refractivity contribution >= 4 is 5.91 Å². The molecule has 2 aliphatic rings. The minimum absolute atomic E-state index is 0.0138. The van der Waals surface area contributed by atoms with Crippen molar-refractivity contribution in [2.45, 2.75) is 57.2 Å². The fraction of sp³-hybridized carbons (Fsp3) is 0.588. The van der Waals surface area contributed by atoms with Gasteiger partial charge in [0.2, 0.25) is 0 Å². The van der Waals surface area contributed by atoms with Crippen LogP contribution in [0.4, 0.5) is 0 Å². The number of phenolic OH excluding ortho intramolecular Hbond substituents is 1. The summed E-state index contributed by atoms with van der Waals surface area (Å²) in [5.74, 6) is 0.193. The number of carbonyl (C=O) groups is 1. The van der Waals surface area contributed by atoms with Crippen molar-refractivity contribution in [2.24, 2.45) is 0 Å². The van der Waals surface area contributed by atoms with E-state index < -0.39 is 0 Å². The average molecular weight is 288 g/mol. The van der Waals surface area contributed by atoms with Crippen LogP contribution in [0.15, 0.2) is 18.2 Å². The topological polar surface area (TPSA) is 52.6 Å². The highest BCUT2D eigenvalue weighted by atomic mass is 16.3. The van der Waals surface area contributed by atoms with Gasteiger partial charge in [-0.1, -0.05) is 6.42 Å². The monoisotopic (exact) mass is 288 g/mol. The maximum Gasteiger partial charge on any atom is 0.251 e. The first-order valence-corrected chi connectivity index (χ1v) is 7.87. The Morgan fingerprint density at radius 1 is 1.29 bits per heavy atom. The summed E-state index contributed by atoms with van der Waals surface area (Å²) in [5, 5.41) is 12.6. The van der Waals surface area contributed by atoms with Crippen molar-refractivity contribution in [3.8, 4) is 5.75 Å². The van der Waals surface area contributed by atoms with Gasteiger partial charge >= 0.3 is 0 Å². The minimum atomic E-state index is -0.0138. The molecule has 21 heavy (non-hydrogen) atoms. The molecule has 2 unspecified atom stereocenters. The van der Waals surface area contributed by atoms with Gasteiger partial charge in [-0.15, -0.1) is 0 Å². The smallest absolute Gasteiger partial charge is 0.251 e. The molecule has 2 N–H and O–H groups in total. The fourth-order valence-corrected chi connectivity index (χ4v) is 3.90. The quantitative estimate of drug-likeness (QED) is 0.879. The number of rotatable bonds is 2. The maximum atomic E-state index is 12.4. The Kier molecular flexibility index (Phi) is 3.89. The predicted octanol–water partition coefficient (Wildman–Crippen LogP) is 2.45. The van der Waals surface area contributed by atoms with E-state index in [2.05, 4.69) is 17.3 Å². The summed E-state index contributed by atoms with van der Waals surface area (Å²) in [6.45, 7) is 1.86. The highest BCUT2D eigenvalue weighted by Gasteiger charge is 2.36. The zero-order valence-corrected chi connectivity index (χ0v) is 12.8. The van der Waals surface area contributed by atoms with Gasteiger partial charge < -0.3 is 15.3 Å². The van der Waals surface area contributed by atoms with Gasteiger partial charge in [-0.2, -0.15) is 0 Å². The van der Waals surface area contributed by atoms with Crippen molar-refractivity contribution in [3.05, 3.63) is 29.3 Å². The molecule has 4 nitrogen and oxygen atoms in total. The summed E-state index contributed by atoms with van der Waals surface area (Å²) in [7, 11) is 2.22. The molecule has 4 heteroatoms. The zero-order valence-electron chi connectivity index (χ0n) is 12.8. The van der Waals surface area contributed by atoms with Crippen molar-refractivity contribution in [2.75, 3.05) is 7.05 Å². The Labute approximate surface area is 126 Å². The van der Waals surface area contributed by atoms with E-state index in [0.717, 1.165) is 18.4 Å². The van der Waals surface area contributed by atoms with Crippen LogP contribution in [0.25, 0.3) is 0 Å².